The van der Waals surface area contributed by atoms with Gasteiger partial charge in [0.2, 0.25) is 12.2 Å². The predicted molar refractivity (Wildman–Crippen MR) is 96.0 cm³/mol. The molecule has 0 spiro atoms. The lowest BCUT2D eigenvalue weighted by Gasteiger charge is -2.16. The van der Waals surface area contributed by atoms with Crippen LogP contribution in [0.15, 0.2) is 47.4 Å². The van der Waals surface area contributed by atoms with E-state index in [0.717, 1.165) is 38.7 Å². The number of hydrogen-bond acceptors (Lipinski definition) is 4. The van der Waals surface area contributed by atoms with Gasteiger partial charge in [-0.2, -0.15) is 0 Å². The van der Waals surface area contributed by atoms with Crippen molar-refractivity contribution >= 4 is 21.7 Å². The number of fused-ring (bicyclic) bond motifs is 6. The normalized spacial score (nSPS) is 13.0. The summed E-state index contributed by atoms with van der Waals surface area (Å²) in [6, 6.07) is 11.8. The highest BCUT2D eigenvalue weighted by atomic mass is 16.7. The van der Waals surface area contributed by atoms with Crippen molar-refractivity contribution in [3.63, 3.8) is 0 Å². The van der Waals surface area contributed by atoms with E-state index in [2.05, 4.69) is 0 Å². The first kappa shape index (κ1) is 14.2. The summed E-state index contributed by atoms with van der Waals surface area (Å²) in [6.07, 6.45) is 1.87. The number of ether oxygens (including phenoxy) is 3. The van der Waals surface area contributed by atoms with E-state index in [-0.39, 0.29) is 12.2 Å². The first-order chi connectivity index (χ1) is 12.2. The Morgan fingerprint density at radius 2 is 1.80 bits per heavy atom. The number of aryl methyl sites for hydroxylation is 1. The molecular weight excluding hydrogens is 318 g/mol. The van der Waals surface area contributed by atoms with E-state index in [1.54, 1.807) is 6.07 Å². The molecule has 2 aromatic carbocycles. The minimum atomic E-state index is -0.0942. The molecule has 0 bridgehead atoms. The van der Waals surface area contributed by atoms with Gasteiger partial charge in [-0.25, -0.2) is 0 Å². The van der Waals surface area contributed by atoms with Crippen molar-refractivity contribution in [3.05, 3.63) is 52.8 Å². The summed E-state index contributed by atoms with van der Waals surface area (Å²) < 4.78 is 18.2. The summed E-state index contributed by atoms with van der Waals surface area (Å²) in [6.45, 7) is 0.248. The quantitative estimate of drug-likeness (QED) is 0.500. The molecule has 0 aromatic heterocycles. The van der Waals surface area contributed by atoms with Crippen LogP contribution < -0.4 is 19.6 Å². The molecule has 0 amide bonds. The number of benzene rings is 3. The Bertz CT molecular complexity index is 1190. The Morgan fingerprint density at radius 3 is 2.60 bits per heavy atom. The minimum absolute atomic E-state index is 0.0942. The maximum atomic E-state index is 12.6. The van der Waals surface area contributed by atoms with E-state index in [0.29, 0.717) is 11.3 Å². The van der Waals surface area contributed by atoms with Crippen molar-refractivity contribution < 1.29 is 14.2 Å². The van der Waals surface area contributed by atoms with Crippen LogP contribution in [0.25, 0.3) is 32.8 Å². The van der Waals surface area contributed by atoms with Crippen LogP contribution >= 0.6 is 0 Å². The molecule has 2 aromatic rings. The number of nitrogens with zero attached hydrogens (tertiary/aromatic N) is 1. The Balaban J connectivity index is 1.96. The topological polar surface area (TPSA) is 49.7 Å². The average Bonchev–Trinajstić information content (AvgIpc) is 3.07. The van der Waals surface area contributed by atoms with Gasteiger partial charge in [0.25, 0.3) is 0 Å². The molecule has 1 aliphatic carbocycles. The highest BCUT2D eigenvalue weighted by Crippen LogP contribution is 2.40. The number of methoxy groups -OCH3 is 1. The molecule has 0 unspecified atom stereocenters. The minimum Gasteiger partial charge on any atom is -0.493 e. The van der Waals surface area contributed by atoms with Gasteiger partial charge in [0.1, 0.15) is 0 Å². The highest BCUT2D eigenvalue weighted by molar-refractivity contribution is 6.11. The molecule has 2 aliphatic heterocycles. The van der Waals surface area contributed by atoms with Crippen LogP contribution in [0, 0.1) is 0 Å². The molecule has 0 radical (unpaired) electrons. The van der Waals surface area contributed by atoms with Gasteiger partial charge < -0.3 is 18.8 Å². The standard InChI is InChI=1S/C20H15NO4/c1-21-9-15-12(5-6-16(23-2)20(15)22)13-4-3-11-7-17-18(25-10-24-17)8-14(11)19(13)21/h3-9H,10H2,1-2H3. The van der Waals surface area contributed by atoms with Crippen LogP contribution in [-0.4, -0.2) is 18.5 Å². The van der Waals surface area contributed by atoms with Crippen LogP contribution in [0.5, 0.6) is 17.2 Å². The summed E-state index contributed by atoms with van der Waals surface area (Å²) in [4.78, 5) is 12.6. The summed E-state index contributed by atoms with van der Waals surface area (Å²) >= 11 is 0. The fraction of sp³-hybridized carbons (Fsp3) is 0.150. The zero-order chi connectivity index (χ0) is 17.1. The lowest BCUT2D eigenvalue weighted by Crippen LogP contribution is -2.11. The zero-order valence-electron chi connectivity index (χ0n) is 13.8. The van der Waals surface area contributed by atoms with Gasteiger partial charge in [-0.05, 0) is 35.2 Å². The molecule has 5 nitrogen and oxygen atoms in total. The molecule has 0 saturated carbocycles. The second-order valence-electron chi connectivity index (χ2n) is 6.19. The maximum Gasteiger partial charge on any atom is 0.231 e. The SMILES string of the molecule is COc1ccc2c3ccc4cc5c(cc4c3n(C)cc-2c1=O)OCO5. The molecule has 3 aliphatic rings. The van der Waals surface area contributed by atoms with E-state index < -0.39 is 0 Å². The summed E-state index contributed by atoms with van der Waals surface area (Å²) in [5.41, 5.74) is 2.52. The average molecular weight is 333 g/mol. The molecular formula is C20H15NO4. The van der Waals surface area contributed by atoms with Crippen molar-refractivity contribution in [2.75, 3.05) is 13.9 Å². The second kappa shape index (κ2) is 4.89. The number of aromatic nitrogens is 1. The monoisotopic (exact) mass is 333 g/mol. The Morgan fingerprint density at radius 1 is 1.00 bits per heavy atom. The van der Waals surface area contributed by atoms with Gasteiger partial charge in [-0.1, -0.05) is 12.1 Å². The Kier molecular flexibility index (Phi) is 2.77. The summed E-state index contributed by atoms with van der Waals surface area (Å²) in [5, 5.41) is 3.16. The largest absolute Gasteiger partial charge is 0.493 e. The van der Waals surface area contributed by atoms with E-state index in [9.17, 15) is 4.79 Å². The molecule has 0 saturated heterocycles. The first-order valence-corrected chi connectivity index (χ1v) is 8.00. The van der Waals surface area contributed by atoms with E-state index >= 15 is 0 Å². The van der Waals surface area contributed by atoms with E-state index in [4.69, 9.17) is 14.2 Å². The molecule has 0 fully saturated rings. The predicted octanol–water partition coefficient (Wildman–Crippen LogP) is 3.53. The smallest absolute Gasteiger partial charge is 0.231 e. The summed E-state index contributed by atoms with van der Waals surface area (Å²) in [7, 11) is 3.46. The van der Waals surface area contributed by atoms with Crippen molar-refractivity contribution in [2.45, 2.75) is 0 Å². The van der Waals surface area contributed by atoms with Gasteiger partial charge in [0.15, 0.2) is 17.2 Å². The summed E-state index contributed by atoms with van der Waals surface area (Å²) in [5.74, 6) is 1.87. The lowest BCUT2D eigenvalue weighted by molar-refractivity contribution is 0.174. The molecule has 0 N–H and O–H groups in total. The van der Waals surface area contributed by atoms with Gasteiger partial charge in [0.05, 0.1) is 12.6 Å². The van der Waals surface area contributed by atoms with Crippen molar-refractivity contribution in [1.29, 1.82) is 0 Å². The van der Waals surface area contributed by atoms with Crippen LogP contribution in [0.4, 0.5) is 0 Å². The second-order valence-corrected chi connectivity index (χ2v) is 6.19. The van der Waals surface area contributed by atoms with Crippen LogP contribution in [0.2, 0.25) is 0 Å². The maximum absolute atomic E-state index is 12.6. The van der Waals surface area contributed by atoms with Gasteiger partial charge in [-0.3, -0.25) is 4.79 Å². The van der Waals surface area contributed by atoms with Gasteiger partial charge in [-0.15, -0.1) is 0 Å². The number of pyridine rings is 1. The lowest BCUT2D eigenvalue weighted by atomic mass is 9.96. The third kappa shape index (κ3) is 1.86. The van der Waals surface area contributed by atoms with Gasteiger partial charge in [0, 0.05) is 29.6 Å². The van der Waals surface area contributed by atoms with Crippen molar-refractivity contribution in [2.24, 2.45) is 7.05 Å². The van der Waals surface area contributed by atoms with Crippen molar-refractivity contribution in [3.8, 4) is 28.4 Å². The molecule has 124 valence electrons. The third-order valence-corrected chi connectivity index (χ3v) is 4.83. The molecule has 2 heterocycles. The van der Waals surface area contributed by atoms with E-state index in [1.165, 1.54) is 7.11 Å². The molecule has 25 heavy (non-hydrogen) atoms. The molecule has 5 heteroatoms. The van der Waals surface area contributed by atoms with E-state index in [1.807, 2.05) is 48.1 Å². The van der Waals surface area contributed by atoms with Crippen molar-refractivity contribution in [1.82, 2.24) is 4.57 Å². The molecule has 0 atom stereocenters. The highest BCUT2D eigenvalue weighted by Gasteiger charge is 2.19. The Hall–Kier alpha value is -3.21. The van der Waals surface area contributed by atoms with Crippen LogP contribution in [0.3, 0.4) is 0 Å². The van der Waals surface area contributed by atoms with Gasteiger partial charge >= 0.3 is 0 Å². The fourth-order valence-electron chi connectivity index (χ4n) is 3.66. The number of rotatable bonds is 1. The zero-order valence-corrected chi connectivity index (χ0v) is 13.8. The Labute approximate surface area is 143 Å². The van der Waals surface area contributed by atoms with Crippen LogP contribution in [-0.2, 0) is 7.05 Å². The van der Waals surface area contributed by atoms with Crippen LogP contribution in [0.1, 0.15) is 0 Å². The first-order valence-electron chi connectivity index (χ1n) is 8.00. The molecule has 5 rings (SSSR count). The number of hydrogen-bond donors (Lipinski definition) is 0. The third-order valence-electron chi connectivity index (χ3n) is 4.83. The fourth-order valence-corrected chi connectivity index (χ4v) is 3.66.